The quantitative estimate of drug-likeness (QED) is 0.678. The second-order valence-corrected chi connectivity index (χ2v) is 5.70. The Kier molecular flexibility index (Phi) is 5.30. The van der Waals surface area contributed by atoms with Crippen molar-refractivity contribution in [3.63, 3.8) is 0 Å². The summed E-state index contributed by atoms with van der Waals surface area (Å²) in [4.78, 5) is 14.2. The monoisotopic (exact) mass is 296 g/mol. The third-order valence-electron chi connectivity index (χ3n) is 2.98. The van der Waals surface area contributed by atoms with E-state index < -0.39 is 0 Å². The molecule has 0 saturated heterocycles. The molecule has 0 unspecified atom stereocenters. The number of amides is 1. The summed E-state index contributed by atoms with van der Waals surface area (Å²) in [6, 6.07) is 15.6. The lowest BCUT2D eigenvalue weighted by Gasteiger charge is -2.03. The third kappa shape index (κ3) is 4.30. The van der Waals surface area contributed by atoms with Crippen LogP contribution in [0.15, 0.2) is 48.0 Å². The van der Waals surface area contributed by atoms with E-state index in [1.54, 1.807) is 17.4 Å². The van der Waals surface area contributed by atoms with Gasteiger partial charge in [0.15, 0.2) is 0 Å². The number of nitrogens with one attached hydrogen (secondary N) is 1. The zero-order valence-corrected chi connectivity index (χ0v) is 12.6. The molecule has 1 heterocycles. The molecule has 1 aromatic heterocycles. The molecule has 1 N–H and O–H groups in total. The number of rotatable bonds is 5. The Bertz CT molecular complexity index is 680. The first-order valence-corrected chi connectivity index (χ1v) is 7.57. The van der Waals surface area contributed by atoms with Crippen molar-refractivity contribution in [1.82, 2.24) is 5.32 Å². The molecule has 2 rings (SSSR count). The Morgan fingerprint density at radius 2 is 2.05 bits per heavy atom. The van der Waals surface area contributed by atoms with E-state index in [1.165, 1.54) is 4.88 Å². The fourth-order valence-electron chi connectivity index (χ4n) is 1.83. The van der Waals surface area contributed by atoms with E-state index in [4.69, 9.17) is 5.26 Å². The summed E-state index contributed by atoms with van der Waals surface area (Å²) in [5.41, 5.74) is 1.14. The number of hydrogen-bond acceptors (Lipinski definition) is 3. The zero-order valence-electron chi connectivity index (χ0n) is 11.8. The van der Waals surface area contributed by atoms with Crippen LogP contribution in [0.4, 0.5) is 0 Å². The molecule has 1 amide bonds. The molecular weight excluding hydrogens is 280 g/mol. The van der Waals surface area contributed by atoms with Crippen molar-refractivity contribution in [1.29, 1.82) is 5.26 Å². The smallest absolute Gasteiger partial charge is 0.262 e. The normalized spacial score (nSPS) is 11.0. The number of carbonyl (C=O) groups is 1. The van der Waals surface area contributed by atoms with Crippen molar-refractivity contribution < 1.29 is 4.79 Å². The fourth-order valence-corrected chi connectivity index (χ4v) is 2.72. The van der Waals surface area contributed by atoms with E-state index in [9.17, 15) is 4.79 Å². The Morgan fingerprint density at radius 1 is 1.29 bits per heavy atom. The van der Waals surface area contributed by atoms with E-state index >= 15 is 0 Å². The van der Waals surface area contributed by atoms with Crippen LogP contribution in [-0.2, 0) is 17.8 Å². The van der Waals surface area contributed by atoms with Crippen LogP contribution in [0.3, 0.4) is 0 Å². The fraction of sp³-hybridized carbons (Fsp3) is 0.176. The molecule has 106 valence electrons. The van der Waals surface area contributed by atoms with Crippen LogP contribution in [-0.4, -0.2) is 5.91 Å². The van der Waals surface area contributed by atoms with Gasteiger partial charge in [-0.05, 0) is 30.2 Å². The van der Waals surface area contributed by atoms with E-state index in [2.05, 4.69) is 12.2 Å². The predicted octanol–water partition coefficient (Wildman–Crippen LogP) is 3.53. The van der Waals surface area contributed by atoms with Crippen molar-refractivity contribution in [3.05, 3.63) is 63.4 Å². The Balaban J connectivity index is 2.03. The van der Waals surface area contributed by atoms with Crippen LogP contribution in [0.5, 0.6) is 0 Å². The first-order chi connectivity index (χ1) is 10.2. The van der Waals surface area contributed by atoms with Crippen LogP contribution in [0.1, 0.15) is 22.2 Å². The zero-order chi connectivity index (χ0) is 15.1. The van der Waals surface area contributed by atoms with Gasteiger partial charge in [0.2, 0.25) is 0 Å². The van der Waals surface area contributed by atoms with Crippen molar-refractivity contribution in [2.75, 3.05) is 0 Å². The van der Waals surface area contributed by atoms with Gasteiger partial charge >= 0.3 is 0 Å². The maximum Gasteiger partial charge on any atom is 0.262 e. The van der Waals surface area contributed by atoms with Crippen molar-refractivity contribution in [3.8, 4) is 6.07 Å². The van der Waals surface area contributed by atoms with Crippen molar-refractivity contribution in [2.24, 2.45) is 0 Å². The Hall–Kier alpha value is -2.38. The summed E-state index contributed by atoms with van der Waals surface area (Å²) in [7, 11) is 0. The van der Waals surface area contributed by atoms with Crippen LogP contribution >= 0.6 is 11.3 Å². The molecule has 21 heavy (non-hydrogen) atoms. The van der Waals surface area contributed by atoms with Crippen LogP contribution in [0.25, 0.3) is 6.08 Å². The average molecular weight is 296 g/mol. The number of carbonyl (C=O) groups excluding carboxylic acids is 1. The topological polar surface area (TPSA) is 52.9 Å². The van der Waals surface area contributed by atoms with Crippen molar-refractivity contribution >= 4 is 23.3 Å². The van der Waals surface area contributed by atoms with Crippen LogP contribution in [0, 0.1) is 11.3 Å². The number of nitriles is 1. The molecule has 0 fully saturated rings. The van der Waals surface area contributed by atoms with E-state index in [0.29, 0.717) is 6.54 Å². The summed E-state index contributed by atoms with van der Waals surface area (Å²) >= 11 is 1.60. The molecule has 0 aliphatic heterocycles. The minimum atomic E-state index is -0.340. The molecule has 4 heteroatoms. The molecule has 1 aromatic carbocycles. The Labute approximate surface area is 128 Å². The van der Waals surface area contributed by atoms with E-state index in [1.807, 2.05) is 48.5 Å². The molecule has 0 bridgehead atoms. The highest BCUT2D eigenvalue weighted by atomic mass is 32.1. The lowest BCUT2D eigenvalue weighted by Crippen LogP contribution is -2.23. The lowest BCUT2D eigenvalue weighted by molar-refractivity contribution is -0.117. The number of hydrogen-bond donors (Lipinski definition) is 1. The van der Waals surface area contributed by atoms with Gasteiger partial charge in [-0.25, -0.2) is 0 Å². The molecule has 0 atom stereocenters. The summed E-state index contributed by atoms with van der Waals surface area (Å²) in [6.45, 7) is 2.50. The molecule has 2 aromatic rings. The minimum Gasteiger partial charge on any atom is -0.347 e. The van der Waals surface area contributed by atoms with Crippen molar-refractivity contribution in [2.45, 2.75) is 19.9 Å². The van der Waals surface area contributed by atoms with Gasteiger partial charge in [-0.3, -0.25) is 4.79 Å². The lowest BCUT2D eigenvalue weighted by atomic mass is 10.2. The molecule has 0 saturated carbocycles. The number of nitrogens with zero attached hydrogens (tertiary/aromatic N) is 1. The second kappa shape index (κ2) is 7.41. The average Bonchev–Trinajstić information content (AvgIpc) is 2.99. The standard InChI is InChI=1S/C17H16N2OS/c1-2-15-8-9-16(21-15)10-14(11-18)17(20)19-12-13-6-4-3-5-7-13/h3-10H,2,12H2,1H3,(H,19,20)/b14-10+. The maximum absolute atomic E-state index is 12.0. The molecular formula is C17H16N2OS. The van der Waals surface area contributed by atoms with E-state index in [-0.39, 0.29) is 11.5 Å². The summed E-state index contributed by atoms with van der Waals surface area (Å²) in [5.74, 6) is -0.340. The van der Waals surface area contributed by atoms with Crippen LogP contribution in [0.2, 0.25) is 0 Å². The Morgan fingerprint density at radius 3 is 2.67 bits per heavy atom. The number of benzene rings is 1. The highest BCUT2D eigenvalue weighted by Gasteiger charge is 2.09. The van der Waals surface area contributed by atoms with E-state index in [0.717, 1.165) is 16.9 Å². The number of aryl methyl sites for hydroxylation is 1. The SMILES string of the molecule is CCc1ccc(/C=C(\C#N)C(=O)NCc2ccccc2)s1. The molecule has 0 spiro atoms. The van der Waals surface area contributed by atoms with Gasteiger partial charge in [-0.2, -0.15) is 5.26 Å². The minimum absolute atomic E-state index is 0.135. The van der Waals surface area contributed by atoms with Gasteiger partial charge in [0.05, 0.1) is 0 Å². The second-order valence-electron chi connectivity index (χ2n) is 4.50. The van der Waals surface area contributed by atoms with Gasteiger partial charge in [0.25, 0.3) is 5.91 Å². The largest absolute Gasteiger partial charge is 0.347 e. The molecule has 0 aliphatic rings. The maximum atomic E-state index is 12.0. The molecule has 3 nitrogen and oxygen atoms in total. The summed E-state index contributed by atoms with van der Waals surface area (Å²) < 4.78 is 0. The highest BCUT2D eigenvalue weighted by Crippen LogP contribution is 2.19. The molecule has 0 radical (unpaired) electrons. The van der Waals surface area contributed by atoms with Gasteiger partial charge < -0.3 is 5.32 Å². The first-order valence-electron chi connectivity index (χ1n) is 6.75. The van der Waals surface area contributed by atoms with Gasteiger partial charge in [-0.1, -0.05) is 37.3 Å². The third-order valence-corrected chi connectivity index (χ3v) is 4.16. The summed E-state index contributed by atoms with van der Waals surface area (Å²) in [5, 5.41) is 11.9. The number of thiophene rings is 1. The van der Waals surface area contributed by atoms with Gasteiger partial charge in [0, 0.05) is 16.3 Å². The predicted molar refractivity (Wildman–Crippen MR) is 85.6 cm³/mol. The van der Waals surface area contributed by atoms with Crippen LogP contribution < -0.4 is 5.32 Å². The van der Waals surface area contributed by atoms with Gasteiger partial charge in [-0.15, -0.1) is 11.3 Å². The first kappa shape index (κ1) is 15.0. The molecule has 0 aliphatic carbocycles. The highest BCUT2D eigenvalue weighted by molar-refractivity contribution is 7.12. The van der Waals surface area contributed by atoms with Gasteiger partial charge in [0.1, 0.15) is 11.6 Å². The summed E-state index contributed by atoms with van der Waals surface area (Å²) in [6.07, 6.45) is 2.60.